The van der Waals surface area contributed by atoms with Crippen LogP contribution in [0.4, 0.5) is 0 Å². The molecule has 0 amide bonds. The fourth-order valence-electron chi connectivity index (χ4n) is 8.76. The summed E-state index contributed by atoms with van der Waals surface area (Å²) in [5.41, 5.74) is 14.9. The zero-order chi connectivity index (χ0) is 39.6. The summed E-state index contributed by atoms with van der Waals surface area (Å²) in [6.07, 6.45) is 0. The lowest BCUT2D eigenvalue weighted by Crippen LogP contribution is -1.98. The SMILES string of the molecule is c1ccc(-c2nc(-c3cccc(-c4ccc(-c5nc6ccccc6c6oc7ccccc7c56)cc4)c3)cc(-c3cccc(-n4c5ccccc5c5ccccc54)c3)n2)cc1. The summed E-state index contributed by atoms with van der Waals surface area (Å²) < 4.78 is 8.80. The topological polar surface area (TPSA) is 56.7 Å². The standard InChI is InChI=1S/C55H34N4O/c1-2-14-37(15-3-1)55-57-47(34-48(58-55)40-18-13-19-41(33-40)59-49-25-9-5-20-42(49)43-21-6-10-26-50(43)59)39-17-12-16-38(32-39)35-28-30-36(31-29-35)53-52-45-23-7-11-27-51(45)60-54(52)44-22-4-8-24-46(44)56-53/h1-34H. The van der Waals surface area contributed by atoms with Crippen LogP contribution in [0.15, 0.2) is 211 Å². The Bertz CT molecular complexity index is 3550. The maximum Gasteiger partial charge on any atom is 0.160 e. The monoisotopic (exact) mass is 766 g/mol. The molecule has 0 aliphatic heterocycles. The van der Waals surface area contributed by atoms with E-state index < -0.39 is 0 Å². The maximum absolute atomic E-state index is 6.45. The van der Waals surface area contributed by atoms with Crippen molar-refractivity contribution in [1.29, 1.82) is 0 Å². The van der Waals surface area contributed by atoms with Gasteiger partial charge >= 0.3 is 0 Å². The summed E-state index contributed by atoms with van der Waals surface area (Å²) in [6, 6.07) is 72.0. The van der Waals surface area contributed by atoms with Gasteiger partial charge < -0.3 is 8.98 Å². The molecule has 12 rings (SSSR count). The number of aromatic nitrogens is 4. The molecule has 4 aromatic heterocycles. The van der Waals surface area contributed by atoms with E-state index in [0.29, 0.717) is 5.82 Å². The van der Waals surface area contributed by atoms with Crippen LogP contribution in [0.2, 0.25) is 0 Å². The van der Waals surface area contributed by atoms with Crippen LogP contribution in [-0.4, -0.2) is 19.5 Å². The number of nitrogens with zero attached hydrogens (tertiary/aromatic N) is 4. The van der Waals surface area contributed by atoms with Gasteiger partial charge in [-0.2, -0.15) is 0 Å². The number of para-hydroxylation sites is 4. The molecule has 5 heteroatoms. The van der Waals surface area contributed by atoms with Crippen molar-refractivity contribution in [2.75, 3.05) is 0 Å². The Kier molecular flexibility index (Phi) is 7.78. The molecule has 0 aliphatic rings. The van der Waals surface area contributed by atoms with E-state index in [1.807, 2.05) is 42.5 Å². The molecule has 4 heterocycles. The van der Waals surface area contributed by atoms with Crippen LogP contribution in [0.5, 0.6) is 0 Å². The summed E-state index contributed by atoms with van der Waals surface area (Å²) in [5.74, 6) is 0.682. The van der Waals surface area contributed by atoms with E-state index in [9.17, 15) is 0 Å². The van der Waals surface area contributed by atoms with Crippen molar-refractivity contribution in [3.05, 3.63) is 206 Å². The number of pyridine rings is 1. The van der Waals surface area contributed by atoms with Gasteiger partial charge in [-0.25, -0.2) is 15.0 Å². The molecular weight excluding hydrogens is 733 g/mol. The predicted molar refractivity (Wildman–Crippen MR) is 246 cm³/mol. The van der Waals surface area contributed by atoms with Gasteiger partial charge in [-0.05, 0) is 65.7 Å². The van der Waals surface area contributed by atoms with Crippen LogP contribution < -0.4 is 0 Å². The highest BCUT2D eigenvalue weighted by atomic mass is 16.3. The van der Waals surface area contributed by atoms with E-state index in [-0.39, 0.29) is 0 Å². The molecule has 0 aliphatic carbocycles. The summed E-state index contributed by atoms with van der Waals surface area (Å²) in [7, 11) is 0. The highest BCUT2D eigenvalue weighted by Gasteiger charge is 2.19. The van der Waals surface area contributed by atoms with Crippen LogP contribution in [0, 0.1) is 0 Å². The molecule has 8 aromatic carbocycles. The van der Waals surface area contributed by atoms with E-state index in [1.54, 1.807) is 0 Å². The summed E-state index contributed by atoms with van der Waals surface area (Å²) in [4.78, 5) is 15.6. The molecule has 0 unspecified atom stereocenters. The van der Waals surface area contributed by atoms with Crippen molar-refractivity contribution in [3.63, 3.8) is 0 Å². The molecule has 60 heavy (non-hydrogen) atoms. The molecule has 0 saturated carbocycles. The first-order valence-corrected chi connectivity index (χ1v) is 20.2. The zero-order valence-electron chi connectivity index (χ0n) is 32.3. The number of furan rings is 1. The minimum atomic E-state index is 0.682. The second kappa shape index (κ2) is 13.8. The quantitative estimate of drug-likeness (QED) is 0.169. The Labute approximate surface area is 345 Å². The molecule has 0 fully saturated rings. The van der Waals surface area contributed by atoms with E-state index >= 15 is 0 Å². The Morgan fingerprint density at radius 2 is 0.933 bits per heavy atom. The molecule has 0 bridgehead atoms. The number of benzene rings is 8. The van der Waals surface area contributed by atoms with Crippen molar-refractivity contribution in [3.8, 4) is 62.0 Å². The van der Waals surface area contributed by atoms with Crippen molar-refractivity contribution < 1.29 is 4.42 Å². The molecular formula is C55H34N4O. The molecule has 0 atom stereocenters. The normalized spacial score (nSPS) is 11.7. The minimum absolute atomic E-state index is 0.682. The third-order valence-electron chi connectivity index (χ3n) is 11.6. The lowest BCUT2D eigenvalue weighted by atomic mass is 9.97. The summed E-state index contributed by atoms with van der Waals surface area (Å²) in [5, 5.41) is 5.58. The average molecular weight is 767 g/mol. The molecule has 280 valence electrons. The Morgan fingerprint density at radius 1 is 0.367 bits per heavy atom. The number of hydrogen-bond donors (Lipinski definition) is 0. The minimum Gasteiger partial charge on any atom is -0.455 e. The molecule has 5 nitrogen and oxygen atoms in total. The number of hydrogen-bond acceptors (Lipinski definition) is 4. The molecule has 0 N–H and O–H groups in total. The predicted octanol–water partition coefficient (Wildman–Crippen LogP) is 14.4. The lowest BCUT2D eigenvalue weighted by molar-refractivity contribution is 0.672. The van der Waals surface area contributed by atoms with Crippen LogP contribution in [0.3, 0.4) is 0 Å². The van der Waals surface area contributed by atoms with Gasteiger partial charge in [0.05, 0.1) is 39.0 Å². The zero-order valence-corrected chi connectivity index (χ0v) is 32.3. The first kappa shape index (κ1) is 33.9. The van der Waals surface area contributed by atoms with Crippen molar-refractivity contribution in [2.24, 2.45) is 0 Å². The molecule has 0 saturated heterocycles. The Morgan fingerprint density at radius 3 is 1.68 bits per heavy atom. The van der Waals surface area contributed by atoms with Crippen LogP contribution in [-0.2, 0) is 0 Å². The third-order valence-corrected chi connectivity index (χ3v) is 11.6. The second-order valence-electron chi connectivity index (χ2n) is 15.2. The fourth-order valence-corrected chi connectivity index (χ4v) is 8.76. The highest BCUT2D eigenvalue weighted by molar-refractivity contribution is 6.19. The van der Waals surface area contributed by atoms with E-state index in [2.05, 4.69) is 168 Å². The van der Waals surface area contributed by atoms with Crippen LogP contribution in [0.1, 0.15) is 0 Å². The van der Waals surface area contributed by atoms with Gasteiger partial charge in [0.15, 0.2) is 5.82 Å². The van der Waals surface area contributed by atoms with Gasteiger partial charge in [0, 0.05) is 49.5 Å². The van der Waals surface area contributed by atoms with Gasteiger partial charge in [-0.3, -0.25) is 0 Å². The van der Waals surface area contributed by atoms with E-state index in [4.69, 9.17) is 19.4 Å². The van der Waals surface area contributed by atoms with Gasteiger partial charge in [0.2, 0.25) is 0 Å². The molecule has 12 aromatic rings. The van der Waals surface area contributed by atoms with Crippen LogP contribution >= 0.6 is 0 Å². The van der Waals surface area contributed by atoms with E-state index in [0.717, 1.165) is 89.0 Å². The Hall–Kier alpha value is -8.15. The maximum atomic E-state index is 6.45. The molecule has 0 spiro atoms. The lowest BCUT2D eigenvalue weighted by Gasteiger charge is -2.13. The summed E-state index contributed by atoms with van der Waals surface area (Å²) in [6.45, 7) is 0. The fraction of sp³-hybridized carbons (Fsp3) is 0. The first-order valence-electron chi connectivity index (χ1n) is 20.2. The highest BCUT2D eigenvalue weighted by Crippen LogP contribution is 2.40. The first-order chi connectivity index (χ1) is 29.7. The molecule has 0 radical (unpaired) electrons. The van der Waals surface area contributed by atoms with Crippen molar-refractivity contribution in [1.82, 2.24) is 19.5 Å². The van der Waals surface area contributed by atoms with Gasteiger partial charge in [0.25, 0.3) is 0 Å². The third kappa shape index (κ3) is 5.59. The number of rotatable bonds is 6. The smallest absolute Gasteiger partial charge is 0.160 e. The van der Waals surface area contributed by atoms with Crippen molar-refractivity contribution >= 4 is 54.6 Å². The Balaban J connectivity index is 0.951. The van der Waals surface area contributed by atoms with Gasteiger partial charge in [0.1, 0.15) is 11.2 Å². The van der Waals surface area contributed by atoms with E-state index in [1.165, 1.54) is 21.8 Å². The van der Waals surface area contributed by atoms with Gasteiger partial charge in [-0.15, -0.1) is 0 Å². The van der Waals surface area contributed by atoms with Crippen LogP contribution in [0.25, 0.3) is 117 Å². The van der Waals surface area contributed by atoms with Gasteiger partial charge in [-0.1, -0.05) is 152 Å². The second-order valence-corrected chi connectivity index (χ2v) is 15.2. The summed E-state index contributed by atoms with van der Waals surface area (Å²) >= 11 is 0. The number of fused-ring (bicyclic) bond motifs is 8. The average Bonchev–Trinajstić information content (AvgIpc) is 3.89. The van der Waals surface area contributed by atoms with Crippen molar-refractivity contribution in [2.45, 2.75) is 0 Å². The largest absolute Gasteiger partial charge is 0.455 e.